The predicted molar refractivity (Wildman–Crippen MR) is 62.8 cm³/mol. The summed E-state index contributed by atoms with van der Waals surface area (Å²) in [5.41, 5.74) is 0. The molecule has 5 heteroatoms. The van der Waals surface area contributed by atoms with Crippen LogP contribution in [0, 0.1) is 0 Å². The molecule has 0 saturated heterocycles. The summed E-state index contributed by atoms with van der Waals surface area (Å²) >= 11 is 4.85. The van der Waals surface area contributed by atoms with Crippen LogP contribution in [0.15, 0.2) is 38.9 Å². The van der Waals surface area contributed by atoms with E-state index in [2.05, 4.69) is 25.9 Å². The first-order valence-electron chi connectivity index (χ1n) is 4.29. The van der Waals surface area contributed by atoms with Gasteiger partial charge < -0.3 is 4.42 Å². The average Bonchev–Trinajstić information content (AvgIpc) is 2.84. The number of nitrogens with zero attached hydrogens (tertiary/aromatic N) is 2. The molecule has 3 heterocycles. The second kappa shape index (κ2) is 3.43. The minimum atomic E-state index is 0.621. The summed E-state index contributed by atoms with van der Waals surface area (Å²) in [4.78, 5) is 9.63. The summed E-state index contributed by atoms with van der Waals surface area (Å²) in [5.74, 6) is 1.30. The summed E-state index contributed by atoms with van der Waals surface area (Å²) in [6.07, 6.45) is 1.81. The van der Waals surface area contributed by atoms with Crippen molar-refractivity contribution in [2.45, 2.75) is 0 Å². The summed E-state index contributed by atoms with van der Waals surface area (Å²) in [5, 5.41) is 3.07. The van der Waals surface area contributed by atoms with E-state index in [1.54, 1.807) is 11.3 Å². The molecule has 74 valence electrons. The fourth-order valence-electron chi connectivity index (χ4n) is 1.31. The maximum atomic E-state index is 5.39. The second-order valence-electron chi connectivity index (χ2n) is 2.98. The number of furan rings is 1. The number of fused-ring (bicyclic) bond motifs is 1. The Morgan fingerprint density at radius 3 is 3.00 bits per heavy atom. The number of thiophene rings is 1. The summed E-state index contributed by atoms with van der Waals surface area (Å²) < 4.78 is 6.08. The Bertz CT molecular complexity index is 616. The van der Waals surface area contributed by atoms with E-state index in [0.29, 0.717) is 16.3 Å². The lowest BCUT2D eigenvalue weighted by atomic mass is 10.4. The van der Waals surface area contributed by atoms with Crippen molar-refractivity contribution in [1.29, 1.82) is 0 Å². The largest absolute Gasteiger partial charge is 0.446 e. The average molecular weight is 281 g/mol. The van der Waals surface area contributed by atoms with Gasteiger partial charge in [-0.3, -0.25) is 0 Å². The quantitative estimate of drug-likeness (QED) is 0.682. The van der Waals surface area contributed by atoms with Crippen LogP contribution in [-0.2, 0) is 0 Å². The summed E-state index contributed by atoms with van der Waals surface area (Å²) in [6, 6.07) is 5.68. The zero-order valence-corrected chi connectivity index (χ0v) is 9.88. The zero-order valence-electron chi connectivity index (χ0n) is 7.48. The standard InChI is InChI=1S/C10H5BrN2OS/c11-8-2-1-7(14-8)9-12-5-6-3-4-15-10(6)13-9/h1-5H. The van der Waals surface area contributed by atoms with Crippen LogP contribution in [-0.4, -0.2) is 9.97 Å². The molecule has 3 aromatic rings. The highest BCUT2D eigenvalue weighted by atomic mass is 79.9. The van der Waals surface area contributed by atoms with E-state index in [1.165, 1.54) is 0 Å². The number of rotatable bonds is 1. The van der Waals surface area contributed by atoms with E-state index < -0.39 is 0 Å². The molecule has 3 nitrogen and oxygen atoms in total. The van der Waals surface area contributed by atoms with Gasteiger partial charge in [0, 0.05) is 11.6 Å². The zero-order chi connectivity index (χ0) is 10.3. The molecule has 3 rings (SSSR count). The lowest BCUT2D eigenvalue weighted by Gasteiger charge is -1.94. The van der Waals surface area contributed by atoms with E-state index >= 15 is 0 Å². The molecule has 0 aromatic carbocycles. The molecule has 0 radical (unpaired) electrons. The first-order valence-corrected chi connectivity index (χ1v) is 5.96. The Morgan fingerprint density at radius 1 is 1.27 bits per heavy atom. The molecule has 0 N–H and O–H groups in total. The number of aromatic nitrogens is 2. The van der Waals surface area contributed by atoms with Gasteiger partial charge in [0.25, 0.3) is 0 Å². The van der Waals surface area contributed by atoms with Crippen LogP contribution in [0.2, 0.25) is 0 Å². The van der Waals surface area contributed by atoms with Crippen LogP contribution < -0.4 is 0 Å². The summed E-state index contributed by atoms with van der Waals surface area (Å²) in [6.45, 7) is 0. The fourth-order valence-corrected chi connectivity index (χ4v) is 2.36. The lowest BCUT2D eigenvalue weighted by Crippen LogP contribution is -1.85. The van der Waals surface area contributed by atoms with Crippen molar-refractivity contribution in [3.8, 4) is 11.6 Å². The Morgan fingerprint density at radius 2 is 2.20 bits per heavy atom. The van der Waals surface area contributed by atoms with Gasteiger partial charge in [0.2, 0.25) is 0 Å². The minimum absolute atomic E-state index is 0.621. The van der Waals surface area contributed by atoms with Crippen molar-refractivity contribution in [3.63, 3.8) is 0 Å². The molecular formula is C10H5BrN2OS. The van der Waals surface area contributed by atoms with Crippen molar-refractivity contribution in [2.75, 3.05) is 0 Å². The van der Waals surface area contributed by atoms with Crippen molar-refractivity contribution in [2.24, 2.45) is 0 Å². The van der Waals surface area contributed by atoms with Crippen LogP contribution in [0.5, 0.6) is 0 Å². The monoisotopic (exact) mass is 280 g/mol. The fraction of sp³-hybridized carbons (Fsp3) is 0. The van der Waals surface area contributed by atoms with Crippen molar-refractivity contribution < 1.29 is 4.42 Å². The highest BCUT2D eigenvalue weighted by Crippen LogP contribution is 2.25. The molecule has 0 amide bonds. The van der Waals surface area contributed by atoms with Gasteiger partial charge in [-0.15, -0.1) is 11.3 Å². The third-order valence-electron chi connectivity index (χ3n) is 2.00. The third kappa shape index (κ3) is 1.57. The normalized spacial score (nSPS) is 11.0. The van der Waals surface area contributed by atoms with E-state index in [9.17, 15) is 0 Å². The SMILES string of the molecule is Brc1ccc(-c2ncc3ccsc3n2)o1. The molecule has 0 saturated carbocycles. The molecule has 0 unspecified atom stereocenters. The maximum absolute atomic E-state index is 5.39. The first-order chi connectivity index (χ1) is 7.33. The first kappa shape index (κ1) is 9.06. The van der Waals surface area contributed by atoms with Crippen LogP contribution in [0.1, 0.15) is 0 Å². The summed E-state index contributed by atoms with van der Waals surface area (Å²) in [7, 11) is 0. The molecule has 0 aliphatic rings. The van der Waals surface area contributed by atoms with Gasteiger partial charge in [-0.05, 0) is 39.5 Å². The molecule has 0 bridgehead atoms. The molecule has 0 spiro atoms. The molecule has 0 aliphatic carbocycles. The predicted octanol–water partition coefficient (Wildman–Crippen LogP) is 3.71. The van der Waals surface area contributed by atoms with Crippen LogP contribution in [0.4, 0.5) is 0 Å². The topological polar surface area (TPSA) is 38.9 Å². The third-order valence-corrected chi connectivity index (χ3v) is 3.25. The number of hydrogen-bond donors (Lipinski definition) is 0. The van der Waals surface area contributed by atoms with Crippen molar-refractivity contribution >= 4 is 37.5 Å². The molecule has 3 aromatic heterocycles. The van der Waals surface area contributed by atoms with Gasteiger partial charge in [0.1, 0.15) is 4.83 Å². The Kier molecular flexibility index (Phi) is 2.07. The minimum Gasteiger partial charge on any atom is -0.446 e. The van der Waals surface area contributed by atoms with E-state index in [4.69, 9.17) is 4.42 Å². The molecule has 0 atom stereocenters. The molecule has 15 heavy (non-hydrogen) atoms. The van der Waals surface area contributed by atoms with Crippen molar-refractivity contribution in [1.82, 2.24) is 9.97 Å². The van der Waals surface area contributed by atoms with Gasteiger partial charge in [-0.1, -0.05) is 0 Å². The molecule has 0 fully saturated rings. The second-order valence-corrected chi connectivity index (χ2v) is 4.65. The smallest absolute Gasteiger partial charge is 0.197 e. The highest BCUT2D eigenvalue weighted by Gasteiger charge is 2.07. The van der Waals surface area contributed by atoms with Gasteiger partial charge in [-0.25, -0.2) is 9.97 Å². The Hall–Kier alpha value is -1.20. The van der Waals surface area contributed by atoms with Crippen LogP contribution in [0.3, 0.4) is 0 Å². The van der Waals surface area contributed by atoms with Gasteiger partial charge >= 0.3 is 0 Å². The van der Waals surface area contributed by atoms with E-state index in [1.807, 2.05) is 29.8 Å². The maximum Gasteiger partial charge on any atom is 0.197 e. The highest BCUT2D eigenvalue weighted by molar-refractivity contribution is 9.10. The van der Waals surface area contributed by atoms with E-state index in [0.717, 1.165) is 10.2 Å². The molecule has 0 aliphatic heterocycles. The van der Waals surface area contributed by atoms with E-state index in [-0.39, 0.29) is 0 Å². The van der Waals surface area contributed by atoms with Crippen LogP contribution in [0.25, 0.3) is 21.8 Å². The van der Waals surface area contributed by atoms with Gasteiger partial charge in [0.05, 0.1) is 0 Å². The number of hydrogen-bond acceptors (Lipinski definition) is 4. The molecular weight excluding hydrogens is 276 g/mol. The Balaban J connectivity index is 2.18. The van der Waals surface area contributed by atoms with Crippen LogP contribution >= 0.6 is 27.3 Å². The van der Waals surface area contributed by atoms with Crippen molar-refractivity contribution in [3.05, 3.63) is 34.4 Å². The van der Waals surface area contributed by atoms with Gasteiger partial charge in [-0.2, -0.15) is 0 Å². The van der Waals surface area contributed by atoms with Gasteiger partial charge in [0.15, 0.2) is 16.3 Å². The number of halogens is 1. The lowest BCUT2D eigenvalue weighted by molar-refractivity contribution is 0.551. The Labute approximate surface area is 97.9 Å².